The van der Waals surface area contributed by atoms with Crippen LogP contribution < -0.4 is 5.32 Å². The summed E-state index contributed by atoms with van der Waals surface area (Å²) in [4.78, 5) is 27.3. The summed E-state index contributed by atoms with van der Waals surface area (Å²) >= 11 is 2.91. The van der Waals surface area contributed by atoms with Crippen molar-refractivity contribution < 1.29 is 14.7 Å². The number of hydrogen-bond acceptors (Lipinski definition) is 5. The van der Waals surface area contributed by atoms with Crippen molar-refractivity contribution in [3.05, 3.63) is 15.6 Å². The molecule has 1 aromatic heterocycles. The minimum absolute atomic E-state index is 0.0174. The number of aromatic carboxylic acids is 1. The molecule has 2 N–H and O–H groups in total. The van der Waals surface area contributed by atoms with Gasteiger partial charge >= 0.3 is 5.97 Å². The molecule has 0 aliphatic carbocycles. The highest BCUT2D eigenvalue weighted by Crippen LogP contribution is 2.23. The number of thioether (sulfide) groups is 1. The van der Waals surface area contributed by atoms with Crippen LogP contribution in [0, 0.1) is 6.92 Å². The van der Waals surface area contributed by atoms with Gasteiger partial charge in [0.1, 0.15) is 9.88 Å². The van der Waals surface area contributed by atoms with Gasteiger partial charge in [0.15, 0.2) is 0 Å². The Morgan fingerprint density at radius 3 is 2.71 bits per heavy atom. The fourth-order valence-corrected chi connectivity index (χ4v) is 3.62. The van der Waals surface area contributed by atoms with Crippen LogP contribution in [0.5, 0.6) is 0 Å². The maximum Gasteiger partial charge on any atom is 0.347 e. The third-order valence-electron chi connectivity index (χ3n) is 2.87. The molecule has 7 heteroatoms. The van der Waals surface area contributed by atoms with Gasteiger partial charge in [0, 0.05) is 12.2 Å². The van der Waals surface area contributed by atoms with E-state index in [-0.39, 0.29) is 16.8 Å². The number of amides is 1. The van der Waals surface area contributed by atoms with Crippen molar-refractivity contribution >= 4 is 35.0 Å². The summed E-state index contributed by atoms with van der Waals surface area (Å²) in [5, 5.41) is 12.5. The zero-order valence-corrected chi connectivity index (χ0v) is 14.3. The molecule has 1 aromatic rings. The van der Waals surface area contributed by atoms with Crippen molar-refractivity contribution in [3.63, 3.8) is 0 Å². The highest BCUT2D eigenvalue weighted by molar-refractivity contribution is 7.99. The summed E-state index contributed by atoms with van der Waals surface area (Å²) in [6.07, 6.45) is 2.83. The number of carbonyl (C=O) groups excluding carboxylic acids is 1. The van der Waals surface area contributed by atoms with Crippen LogP contribution in [0.1, 0.15) is 59.5 Å². The van der Waals surface area contributed by atoms with Gasteiger partial charge in [-0.1, -0.05) is 13.3 Å². The molecule has 1 heterocycles. The molecular weight excluding hydrogens is 308 g/mol. The fourth-order valence-electron chi connectivity index (χ4n) is 1.69. The number of nitrogens with one attached hydrogen (secondary N) is 1. The topological polar surface area (TPSA) is 79.3 Å². The Balaban J connectivity index is 2.42. The Hall–Kier alpha value is -1.08. The Bertz CT molecular complexity index is 489. The predicted octanol–water partition coefficient (Wildman–Crippen LogP) is 3.25. The smallest absolute Gasteiger partial charge is 0.347 e. The van der Waals surface area contributed by atoms with Gasteiger partial charge in [0.2, 0.25) is 5.91 Å². The molecule has 1 rings (SSSR count). The average molecular weight is 330 g/mol. The molecule has 1 amide bonds. The summed E-state index contributed by atoms with van der Waals surface area (Å²) < 4.78 is 0. The van der Waals surface area contributed by atoms with Gasteiger partial charge in [-0.15, -0.1) is 11.3 Å². The van der Waals surface area contributed by atoms with E-state index >= 15 is 0 Å². The highest BCUT2D eigenvalue weighted by Gasteiger charge is 2.18. The molecule has 0 bridgehead atoms. The second-order valence-corrected chi connectivity index (χ2v) is 7.03. The molecule has 0 spiro atoms. The zero-order valence-electron chi connectivity index (χ0n) is 12.6. The first-order valence-electron chi connectivity index (χ1n) is 7.03. The lowest BCUT2D eigenvalue weighted by atomic mass is 10.3. The normalized spacial score (nSPS) is 12.1. The summed E-state index contributed by atoms with van der Waals surface area (Å²) in [5.74, 6) is 0.918. The standard InChI is InChI=1S/C14H22N2O3S2/c1-4-5-7-20-8-6-11(17)15-10(3)13-16-9(2)12(21-13)14(18)19/h10H,4-8H2,1-3H3,(H,15,17)(H,18,19). The highest BCUT2D eigenvalue weighted by atomic mass is 32.2. The largest absolute Gasteiger partial charge is 0.477 e. The van der Waals surface area contributed by atoms with Gasteiger partial charge in [-0.2, -0.15) is 11.8 Å². The number of unbranched alkanes of at least 4 members (excludes halogenated alkanes) is 1. The van der Waals surface area contributed by atoms with Crippen LogP contribution in [0.15, 0.2) is 0 Å². The molecule has 0 fully saturated rings. The number of carbonyl (C=O) groups is 2. The number of aryl methyl sites for hydroxylation is 1. The predicted molar refractivity (Wildman–Crippen MR) is 87.2 cm³/mol. The number of carboxylic acids is 1. The lowest BCUT2D eigenvalue weighted by molar-refractivity contribution is -0.121. The van der Waals surface area contributed by atoms with Crippen LogP contribution in [-0.2, 0) is 4.79 Å². The number of rotatable bonds is 9. The van der Waals surface area contributed by atoms with Gasteiger partial charge in [-0.05, 0) is 26.0 Å². The number of aromatic nitrogens is 1. The first-order chi connectivity index (χ1) is 9.95. The molecule has 0 radical (unpaired) electrons. The number of nitrogens with zero attached hydrogens (tertiary/aromatic N) is 1. The van der Waals surface area contributed by atoms with Crippen molar-refractivity contribution in [1.29, 1.82) is 0 Å². The minimum Gasteiger partial charge on any atom is -0.477 e. The Morgan fingerprint density at radius 1 is 1.43 bits per heavy atom. The molecular formula is C14H22N2O3S2. The van der Waals surface area contributed by atoms with Gasteiger partial charge in [-0.3, -0.25) is 4.79 Å². The summed E-state index contributed by atoms with van der Waals surface area (Å²) in [6, 6.07) is -0.255. The molecule has 118 valence electrons. The van der Waals surface area contributed by atoms with E-state index in [9.17, 15) is 9.59 Å². The molecule has 0 saturated carbocycles. The van der Waals surface area contributed by atoms with Crippen molar-refractivity contribution in [2.75, 3.05) is 11.5 Å². The van der Waals surface area contributed by atoms with Crippen molar-refractivity contribution in [1.82, 2.24) is 10.3 Å². The Kier molecular flexibility index (Phi) is 7.74. The van der Waals surface area contributed by atoms with Crippen molar-refractivity contribution in [2.45, 2.75) is 46.1 Å². The number of hydrogen-bond donors (Lipinski definition) is 2. The molecule has 0 saturated heterocycles. The van der Waals surface area contributed by atoms with E-state index in [2.05, 4.69) is 17.2 Å². The molecule has 5 nitrogen and oxygen atoms in total. The van der Waals surface area contributed by atoms with E-state index in [4.69, 9.17) is 5.11 Å². The summed E-state index contributed by atoms with van der Waals surface area (Å²) in [7, 11) is 0. The third kappa shape index (κ3) is 6.05. The molecule has 0 aliphatic rings. The Labute approximate surface area is 133 Å². The first-order valence-corrected chi connectivity index (χ1v) is 9.00. The van der Waals surface area contributed by atoms with Crippen LogP contribution in [0.25, 0.3) is 0 Å². The summed E-state index contributed by atoms with van der Waals surface area (Å²) in [6.45, 7) is 5.64. The second-order valence-electron chi connectivity index (χ2n) is 4.78. The van der Waals surface area contributed by atoms with Gasteiger partial charge in [-0.25, -0.2) is 9.78 Å². The van der Waals surface area contributed by atoms with Gasteiger partial charge in [0.25, 0.3) is 0 Å². The second kappa shape index (κ2) is 9.04. The first kappa shape index (κ1) is 18.0. The van der Waals surface area contributed by atoms with Gasteiger partial charge < -0.3 is 10.4 Å². The number of thiazole rings is 1. The van der Waals surface area contributed by atoms with Gasteiger partial charge in [0.05, 0.1) is 11.7 Å². The zero-order chi connectivity index (χ0) is 15.8. The van der Waals surface area contributed by atoms with Crippen molar-refractivity contribution in [3.8, 4) is 0 Å². The van der Waals surface area contributed by atoms with E-state index in [0.717, 1.165) is 22.8 Å². The quantitative estimate of drug-likeness (QED) is 0.679. The van der Waals surface area contributed by atoms with Crippen LogP contribution in [0.3, 0.4) is 0 Å². The number of carboxylic acid groups (broad SMARTS) is 1. The van der Waals surface area contributed by atoms with E-state index in [1.54, 1.807) is 18.7 Å². The summed E-state index contributed by atoms with van der Waals surface area (Å²) in [5.41, 5.74) is 0.499. The van der Waals surface area contributed by atoms with E-state index in [1.807, 2.05) is 6.92 Å². The molecule has 0 aliphatic heterocycles. The van der Waals surface area contributed by atoms with Crippen LogP contribution in [0.2, 0.25) is 0 Å². The third-order valence-corrected chi connectivity index (χ3v) is 5.27. The Morgan fingerprint density at radius 2 is 2.14 bits per heavy atom. The molecule has 0 aromatic carbocycles. The van der Waals surface area contributed by atoms with E-state index in [0.29, 0.717) is 17.1 Å². The minimum atomic E-state index is -0.970. The monoisotopic (exact) mass is 330 g/mol. The maximum atomic E-state index is 11.8. The molecule has 1 atom stereocenters. The molecule has 21 heavy (non-hydrogen) atoms. The van der Waals surface area contributed by atoms with E-state index < -0.39 is 5.97 Å². The van der Waals surface area contributed by atoms with Crippen LogP contribution in [0.4, 0.5) is 0 Å². The lowest BCUT2D eigenvalue weighted by Gasteiger charge is -2.11. The SMILES string of the molecule is CCCCSCCC(=O)NC(C)c1nc(C)c(C(=O)O)s1. The maximum absolute atomic E-state index is 11.8. The average Bonchev–Trinajstić information content (AvgIpc) is 2.81. The van der Waals surface area contributed by atoms with Crippen LogP contribution >= 0.6 is 23.1 Å². The van der Waals surface area contributed by atoms with E-state index in [1.165, 1.54) is 12.8 Å². The molecule has 1 unspecified atom stereocenters. The van der Waals surface area contributed by atoms with Crippen LogP contribution in [-0.4, -0.2) is 33.5 Å². The lowest BCUT2D eigenvalue weighted by Crippen LogP contribution is -2.26. The fraction of sp³-hybridized carbons (Fsp3) is 0.643. The van der Waals surface area contributed by atoms with Crippen molar-refractivity contribution in [2.24, 2.45) is 0 Å².